The minimum Gasteiger partial charge on any atom is -0.383 e. The second-order valence-corrected chi connectivity index (χ2v) is 6.02. The summed E-state index contributed by atoms with van der Waals surface area (Å²) in [5.41, 5.74) is 2.45. The maximum Gasteiger partial charge on any atom is 0.373 e. The van der Waals surface area contributed by atoms with Crippen molar-refractivity contribution in [1.29, 1.82) is 5.26 Å². The molecule has 1 atom stereocenters. The van der Waals surface area contributed by atoms with Crippen LogP contribution >= 0.6 is 0 Å². The molecule has 1 aliphatic heterocycles. The van der Waals surface area contributed by atoms with E-state index in [9.17, 15) is 0 Å². The first kappa shape index (κ1) is 20.0. The number of hydrogen-bond acceptors (Lipinski definition) is 9. The van der Waals surface area contributed by atoms with Crippen LogP contribution in [0.3, 0.4) is 0 Å². The van der Waals surface area contributed by atoms with Crippen LogP contribution in [0.4, 0.5) is 17.3 Å². The van der Waals surface area contributed by atoms with E-state index in [2.05, 4.69) is 30.9 Å². The van der Waals surface area contributed by atoms with Gasteiger partial charge in [0.1, 0.15) is 17.7 Å². The average molecular weight is 367 g/mol. The minimum absolute atomic E-state index is 0.250. The van der Waals surface area contributed by atoms with Crippen LogP contribution in [-0.4, -0.2) is 40.2 Å². The first-order valence-corrected chi connectivity index (χ1v) is 8.58. The fraction of sp³-hybridized carbons (Fsp3) is 0.389. The number of hydrogen-bond donors (Lipinski definition) is 3. The lowest BCUT2D eigenvalue weighted by Gasteiger charge is -2.24. The van der Waals surface area contributed by atoms with Crippen molar-refractivity contribution in [3.05, 3.63) is 35.9 Å². The number of aromatic nitrogens is 3. The van der Waals surface area contributed by atoms with Crippen LogP contribution in [0.1, 0.15) is 30.5 Å². The highest BCUT2D eigenvalue weighted by atomic mass is 16.2. The van der Waals surface area contributed by atoms with Gasteiger partial charge in [-0.15, -0.1) is 0 Å². The number of piperidine rings is 1. The van der Waals surface area contributed by atoms with Crippen LogP contribution in [0.15, 0.2) is 24.7 Å². The summed E-state index contributed by atoms with van der Waals surface area (Å²) < 4.78 is 0. The van der Waals surface area contributed by atoms with Gasteiger partial charge >= 0.3 is 6.15 Å². The van der Waals surface area contributed by atoms with E-state index >= 15 is 0 Å². The Morgan fingerprint density at radius 2 is 1.96 bits per heavy atom. The van der Waals surface area contributed by atoms with Gasteiger partial charge in [-0.3, -0.25) is 0 Å². The van der Waals surface area contributed by atoms with Crippen molar-refractivity contribution in [1.82, 2.24) is 20.3 Å². The number of nitriles is 1. The quantitative estimate of drug-likeness (QED) is 0.723. The van der Waals surface area contributed by atoms with Crippen LogP contribution in [0.2, 0.25) is 0 Å². The van der Waals surface area contributed by atoms with Crippen molar-refractivity contribution in [3.8, 4) is 6.07 Å². The lowest BCUT2D eigenvalue weighted by molar-refractivity contribution is -0.191. The maximum absolute atomic E-state index is 8.75. The number of carbonyl (C=O) groups excluding carboxylic acids is 2. The third-order valence-corrected chi connectivity index (χ3v) is 4.08. The van der Waals surface area contributed by atoms with Crippen LogP contribution in [0, 0.1) is 18.3 Å². The average Bonchev–Trinajstić information content (AvgIpc) is 2.70. The largest absolute Gasteiger partial charge is 0.383 e. The molecule has 1 saturated heterocycles. The predicted octanol–water partition coefficient (Wildman–Crippen LogP) is 1.77. The second kappa shape index (κ2) is 10.6. The van der Waals surface area contributed by atoms with Gasteiger partial charge in [0.2, 0.25) is 0 Å². The molecule has 140 valence electrons. The number of aryl methyl sites for hydroxylation is 1. The van der Waals surface area contributed by atoms with Gasteiger partial charge in [0.25, 0.3) is 0 Å². The zero-order valence-corrected chi connectivity index (χ0v) is 15.0. The summed E-state index contributed by atoms with van der Waals surface area (Å²) in [6.45, 7) is 4.04. The highest BCUT2D eigenvalue weighted by Gasteiger charge is 2.12. The molecule has 27 heavy (non-hydrogen) atoms. The van der Waals surface area contributed by atoms with E-state index in [0.29, 0.717) is 23.4 Å². The van der Waals surface area contributed by atoms with Crippen LogP contribution in [0.25, 0.3) is 0 Å². The Hall–Kier alpha value is -3.34. The van der Waals surface area contributed by atoms with Gasteiger partial charge in [-0.05, 0) is 31.9 Å². The Bertz CT molecular complexity index is 805. The molecular weight excluding hydrogens is 346 g/mol. The molecule has 0 aromatic carbocycles. The zero-order valence-electron chi connectivity index (χ0n) is 15.0. The molecule has 2 aromatic heterocycles. The molecular formula is C18H21N7O2. The number of nitrogens with zero attached hydrogens (tertiary/aromatic N) is 4. The van der Waals surface area contributed by atoms with Crippen molar-refractivity contribution in [3.63, 3.8) is 0 Å². The van der Waals surface area contributed by atoms with Gasteiger partial charge in [-0.1, -0.05) is 6.42 Å². The molecule has 0 spiro atoms. The SMILES string of the molecule is Cc1cnc(Nc2cnc(C#N)cn2)cc1NCC1CCCCN1.O=C=O. The molecule has 0 radical (unpaired) electrons. The van der Waals surface area contributed by atoms with Gasteiger partial charge in [-0.25, -0.2) is 15.0 Å². The van der Waals surface area contributed by atoms with E-state index in [4.69, 9.17) is 14.9 Å². The molecule has 9 heteroatoms. The normalized spacial score (nSPS) is 15.5. The van der Waals surface area contributed by atoms with Crippen LogP contribution in [0.5, 0.6) is 0 Å². The lowest BCUT2D eigenvalue weighted by atomic mass is 10.0. The summed E-state index contributed by atoms with van der Waals surface area (Å²) in [7, 11) is 0. The molecule has 0 amide bonds. The van der Waals surface area contributed by atoms with Gasteiger partial charge in [0.05, 0.1) is 12.4 Å². The Morgan fingerprint density at radius 3 is 2.59 bits per heavy atom. The Balaban J connectivity index is 0.000000817. The summed E-state index contributed by atoms with van der Waals surface area (Å²) in [5.74, 6) is 1.25. The predicted molar refractivity (Wildman–Crippen MR) is 98.1 cm³/mol. The van der Waals surface area contributed by atoms with E-state index in [1.54, 1.807) is 0 Å². The lowest BCUT2D eigenvalue weighted by Crippen LogP contribution is -2.39. The molecule has 1 aliphatic rings. The third-order valence-electron chi connectivity index (χ3n) is 4.08. The van der Waals surface area contributed by atoms with Crippen molar-refractivity contribution in [2.24, 2.45) is 0 Å². The van der Waals surface area contributed by atoms with E-state index in [0.717, 1.165) is 24.3 Å². The van der Waals surface area contributed by atoms with Crippen molar-refractivity contribution < 1.29 is 9.59 Å². The third kappa shape index (κ3) is 6.47. The number of rotatable bonds is 5. The number of anilines is 3. The van der Waals surface area contributed by atoms with Gasteiger partial charge in [0.15, 0.2) is 5.69 Å². The molecule has 1 fully saturated rings. The minimum atomic E-state index is 0.250. The first-order valence-electron chi connectivity index (χ1n) is 8.58. The van der Waals surface area contributed by atoms with Gasteiger partial charge < -0.3 is 16.0 Å². The fourth-order valence-electron chi connectivity index (χ4n) is 2.70. The van der Waals surface area contributed by atoms with E-state index < -0.39 is 0 Å². The molecule has 1 unspecified atom stereocenters. The molecule has 0 bridgehead atoms. The summed E-state index contributed by atoms with van der Waals surface area (Å²) >= 11 is 0. The van der Waals surface area contributed by atoms with E-state index in [1.807, 2.05) is 25.3 Å². The Kier molecular flexibility index (Phi) is 7.85. The fourth-order valence-corrected chi connectivity index (χ4v) is 2.70. The summed E-state index contributed by atoms with van der Waals surface area (Å²) in [4.78, 5) is 28.8. The van der Waals surface area contributed by atoms with Gasteiger partial charge in [0, 0.05) is 30.5 Å². The topological polar surface area (TPSA) is 133 Å². The monoisotopic (exact) mass is 367 g/mol. The first-order chi connectivity index (χ1) is 13.2. The zero-order chi connectivity index (χ0) is 19.5. The van der Waals surface area contributed by atoms with Gasteiger partial charge in [-0.2, -0.15) is 14.9 Å². The molecule has 3 rings (SSSR count). The van der Waals surface area contributed by atoms with Crippen molar-refractivity contribution in [2.45, 2.75) is 32.2 Å². The van der Waals surface area contributed by atoms with E-state index in [-0.39, 0.29) is 6.15 Å². The number of pyridine rings is 1. The summed E-state index contributed by atoms with van der Waals surface area (Å²) in [5, 5.41) is 18.9. The molecule has 0 saturated carbocycles. The molecule has 0 aliphatic carbocycles. The highest BCUT2D eigenvalue weighted by molar-refractivity contribution is 5.61. The van der Waals surface area contributed by atoms with E-state index in [1.165, 1.54) is 31.7 Å². The maximum atomic E-state index is 8.75. The molecule has 2 aromatic rings. The Morgan fingerprint density at radius 1 is 1.19 bits per heavy atom. The highest BCUT2D eigenvalue weighted by Crippen LogP contribution is 2.20. The molecule has 3 heterocycles. The second-order valence-electron chi connectivity index (χ2n) is 6.02. The van der Waals surface area contributed by atoms with Crippen molar-refractivity contribution in [2.75, 3.05) is 23.7 Å². The van der Waals surface area contributed by atoms with Crippen LogP contribution in [-0.2, 0) is 9.59 Å². The summed E-state index contributed by atoms with van der Waals surface area (Å²) in [6, 6.07) is 4.44. The molecule has 3 N–H and O–H groups in total. The van der Waals surface area contributed by atoms with Crippen LogP contribution < -0.4 is 16.0 Å². The van der Waals surface area contributed by atoms with Crippen molar-refractivity contribution >= 4 is 23.5 Å². The Labute approximate surface area is 157 Å². The number of nitrogens with one attached hydrogen (secondary N) is 3. The molecule has 9 nitrogen and oxygen atoms in total. The summed E-state index contributed by atoms with van der Waals surface area (Å²) in [6.07, 6.45) is 8.81. The standard InChI is InChI=1S/C17H21N7.CO2/c1-12-8-22-16(24-17-11-20-14(7-18)10-23-17)6-15(12)21-9-13-4-2-3-5-19-13;2-1-3/h6,8,10-11,13,19H,2-5,9H2,1H3,(H2,21,22,23,24);. The smallest absolute Gasteiger partial charge is 0.373 e.